The summed E-state index contributed by atoms with van der Waals surface area (Å²) in [6, 6.07) is 10.2. The van der Waals surface area contributed by atoms with Gasteiger partial charge in [0.25, 0.3) is 0 Å². The fourth-order valence-corrected chi connectivity index (χ4v) is 5.74. The summed E-state index contributed by atoms with van der Waals surface area (Å²) in [5, 5.41) is 9.86. The summed E-state index contributed by atoms with van der Waals surface area (Å²) in [4.78, 5) is 28.0. The van der Waals surface area contributed by atoms with E-state index in [1.807, 2.05) is 42.2 Å². The molecule has 2 aromatic rings. The Morgan fingerprint density at radius 3 is 2.41 bits per heavy atom. The Hall–Kier alpha value is -2.14. The highest BCUT2D eigenvalue weighted by molar-refractivity contribution is 7.18. The van der Waals surface area contributed by atoms with Gasteiger partial charge in [-0.25, -0.2) is 4.79 Å². The first kappa shape index (κ1) is 21.6. The minimum absolute atomic E-state index is 0. The molecule has 156 valence electrons. The number of carboxylic acid groups (broad SMARTS) is 1. The van der Waals surface area contributed by atoms with Crippen LogP contribution in [-0.4, -0.2) is 23.0 Å². The van der Waals surface area contributed by atoms with Gasteiger partial charge in [0.1, 0.15) is 4.88 Å². The van der Waals surface area contributed by atoms with Crippen LogP contribution in [0.4, 0.5) is 5.69 Å². The van der Waals surface area contributed by atoms with E-state index in [1.165, 1.54) is 36.2 Å². The van der Waals surface area contributed by atoms with Gasteiger partial charge in [-0.3, -0.25) is 4.79 Å². The molecule has 1 N–H and O–H groups in total. The van der Waals surface area contributed by atoms with Crippen LogP contribution in [0.2, 0.25) is 0 Å². The maximum Gasteiger partial charge on any atom is 0.348 e. The number of aryl methyl sites for hydroxylation is 1. The van der Waals surface area contributed by atoms with Crippen LogP contribution in [0, 0.1) is 12.8 Å². The molecule has 1 aliphatic heterocycles. The first-order valence-electron chi connectivity index (χ1n) is 10.3. The van der Waals surface area contributed by atoms with Gasteiger partial charge in [0.2, 0.25) is 5.91 Å². The molecule has 0 spiro atoms. The molecule has 1 aromatic carbocycles. The van der Waals surface area contributed by atoms with Crippen molar-refractivity contribution in [3.63, 3.8) is 0 Å². The SMILES string of the molecule is C.Cc1ccc(-c2cc(N3C(=O)CCCC3C3CCCCC3)c(C(=O)O)s2)cc1. The van der Waals surface area contributed by atoms with E-state index in [9.17, 15) is 14.7 Å². The van der Waals surface area contributed by atoms with Gasteiger partial charge in [-0.05, 0) is 50.2 Å². The highest BCUT2D eigenvalue weighted by Crippen LogP contribution is 2.42. The van der Waals surface area contributed by atoms with Gasteiger partial charge in [0.15, 0.2) is 0 Å². The van der Waals surface area contributed by atoms with Crippen molar-refractivity contribution >= 4 is 28.9 Å². The van der Waals surface area contributed by atoms with E-state index in [4.69, 9.17) is 0 Å². The van der Waals surface area contributed by atoms with Crippen molar-refractivity contribution in [2.75, 3.05) is 4.90 Å². The lowest BCUT2D eigenvalue weighted by molar-refractivity contribution is -0.120. The lowest BCUT2D eigenvalue weighted by Crippen LogP contribution is -2.48. The Bertz CT molecular complexity index is 865. The largest absolute Gasteiger partial charge is 0.477 e. The molecule has 2 heterocycles. The minimum Gasteiger partial charge on any atom is -0.477 e. The number of anilines is 1. The lowest BCUT2D eigenvalue weighted by Gasteiger charge is -2.41. The van der Waals surface area contributed by atoms with Crippen LogP contribution in [0.25, 0.3) is 10.4 Å². The Labute approximate surface area is 177 Å². The maximum absolute atomic E-state index is 13.0. The van der Waals surface area contributed by atoms with Crippen LogP contribution in [0.1, 0.15) is 74.0 Å². The van der Waals surface area contributed by atoms with Crippen LogP contribution in [0.15, 0.2) is 30.3 Å². The summed E-state index contributed by atoms with van der Waals surface area (Å²) in [6.45, 7) is 2.04. The summed E-state index contributed by atoms with van der Waals surface area (Å²) in [5.74, 6) is -0.376. The monoisotopic (exact) mass is 413 g/mol. The average Bonchev–Trinajstić information content (AvgIpc) is 3.14. The molecule has 4 rings (SSSR count). The number of hydrogen-bond donors (Lipinski definition) is 1. The highest BCUT2D eigenvalue weighted by Gasteiger charge is 2.38. The summed E-state index contributed by atoms with van der Waals surface area (Å²) >= 11 is 1.28. The molecule has 4 nitrogen and oxygen atoms in total. The predicted molar refractivity (Wildman–Crippen MR) is 120 cm³/mol. The molecule has 2 aliphatic rings. The lowest BCUT2D eigenvalue weighted by atomic mass is 9.79. The number of benzene rings is 1. The number of thiophene rings is 1. The van der Waals surface area contributed by atoms with E-state index in [0.717, 1.165) is 36.1 Å². The highest BCUT2D eigenvalue weighted by atomic mass is 32.1. The number of nitrogens with zero attached hydrogens (tertiary/aromatic N) is 1. The molecular formula is C24H31NO3S. The zero-order valence-electron chi connectivity index (χ0n) is 16.3. The van der Waals surface area contributed by atoms with Gasteiger partial charge in [-0.15, -0.1) is 11.3 Å². The second-order valence-electron chi connectivity index (χ2n) is 8.12. The van der Waals surface area contributed by atoms with Gasteiger partial charge in [-0.1, -0.05) is 56.5 Å². The van der Waals surface area contributed by atoms with Crippen molar-refractivity contribution in [1.82, 2.24) is 0 Å². The topological polar surface area (TPSA) is 57.6 Å². The number of hydrogen-bond acceptors (Lipinski definition) is 3. The van der Waals surface area contributed by atoms with Crippen LogP contribution in [-0.2, 0) is 4.79 Å². The van der Waals surface area contributed by atoms with Crippen molar-refractivity contribution < 1.29 is 14.7 Å². The minimum atomic E-state index is -0.945. The first-order valence-corrected chi connectivity index (χ1v) is 11.1. The zero-order valence-corrected chi connectivity index (χ0v) is 17.1. The predicted octanol–water partition coefficient (Wildman–Crippen LogP) is 6.52. The summed E-state index contributed by atoms with van der Waals surface area (Å²) in [5.41, 5.74) is 2.78. The maximum atomic E-state index is 13.0. The first-order chi connectivity index (χ1) is 13.5. The summed E-state index contributed by atoms with van der Waals surface area (Å²) < 4.78 is 0. The molecule has 1 unspecified atom stereocenters. The van der Waals surface area contributed by atoms with Crippen LogP contribution in [0.5, 0.6) is 0 Å². The van der Waals surface area contributed by atoms with Crippen LogP contribution >= 0.6 is 11.3 Å². The number of carboxylic acids is 1. The molecule has 0 radical (unpaired) electrons. The van der Waals surface area contributed by atoms with Crippen molar-refractivity contribution in [2.45, 2.75) is 71.8 Å². The normalized spacial score (nSPS) is 20.4. The Morgan fingerprint density at radius 1 is 1.07 bits per heavy atom. The summed E-state index contributed by atoms with van der Waals surface area (Å²) in [7, 11) is 0. The van der Waals surface area contributed by atoms with Gasteiger partial charge in [0.05, 0.1) is 5.69 Å². The van der Waals surface area contributed by atoms with E-state index < -0.39 is 5.97 Å². The van der Waals surface area contributed by atoms with Crippen LogP contribution in [0.3, 0.4) is 0 Å². The molecular weight excluding hydrogens is 382 g/mol. The number of aromatic carboxylic acids is 1. The fraction of sp³-hybridized carbons (Fsp3) is 0.500. The second-order valence-corrected chi connectivity index (χ2v) is 9.17. The molecule has 1 saturated carbocycles. The Kier molecular flexibility index (Phi) is 6.78. The number of amides is 1. The van der Waals surface area contributed by atoms with E-state index >= 15 is 0 Å². The van der Waals surface area contributed by atoms with Crippen LogP contribution < -0.4 is 4.90 Å². The van der Waals surface area contributed by atoms with E-state index in [-0.39, 0.29) is 24.3 Å². The third-order valence-corrected chi connectivity index (χ3v) is 7.35. The molecule has 2 fully saturated rings. The van der Waals surface area contributed by atoms with E-state index in [0.29, 0.717) is 18.0 Å². The molecule has 1 atom stereocenters. The average molecular weight is 414 g/mol. The molecule has 0 bridgehead atoms. The third kappa shape index (κ3) is 4.40. The van der Waals surface area contributed by atoms with Gasteiger partial charge >= 0.3 is 5.97 Å². The summed E-state index contributed by atoms with van der Waals surface area (Å²) in [6.07, 6.45) is 8.39. The number of carbonyl (C=O) groups excluding carboxylic acids is 1. The number of carbonyl (C=O) groups is 2. The van der Waals surface area contributed by atoms with Gasteiger partial charge < -0.3 is 10.0 Å². The number of rotatable bonds is 4. The number of piperidine rings is 1. The standard InChI is InChI=1S/C23H27NO3S.CH4/c1-15-10-12-17(13-11-15)20-14-19(22(28-20)23(26)27)24-18(8-5-9-21(24)25)16-6-3-2-4-7-16;/h10-14,16,18H,2-9H2,1H3,(H,26,27);1H4. The molecule has 1 saturated heterocycles. The van der Waals surface area contributed by atoms with Crippen molar-refractivity contribution in [3.8, 4) is 10.4 Å². The molecule has 29 heavy (non-hydrogen) atoms. The molecule has 5 heteroatoms. The smallest absolute Gasteiger partial charge is 0.348 e. The molecule has 1 amide bonds. The molecule has 1 aromatic heterocycles. The Balaban J connectivity index is 0.00000240. The van der Waals surface area contributed by atoms with Gasteiger partial charge in [0, 0.05) is 17.3 Å². The zero-order chi connectivity index (χ0) is 19.7. The quantitative estimate of drug-likeness (QED) is 0.620. The van der Waals surface area contributed by atoms with E-state index in [2.05, 4.69) is 0 Å². The second kappa shape index (κ2) is 9.12. The van der Waals surface area contributed by atoms with E-state index in [1.54, 1.807) is 0 Å². The fourth-order valence-electron chi connectivity index (χ4n) is 4.75. The van der Waals surface area contributed by atoms with Crippen molar-refractivity contribution in [1.29, 1.82) is 0 Å². The van der Waals surface area contributed by atoms with Crippen molar-refractivity contribution in [2.24, 2.45) is 5.92 Å². The Morgan fingerprint density at radius 2 is 1.76 bits per heavy atom. The van der Waals surface area contributed by atoms with Crippen molar-refractivity contribution in [3.05, 3.63) is 40.8 Å². The third-order valence-electron chi connectivity index (χ3n) is 6.19. The van der Waals surface area contributed by atoms with Gasteiger partial charge in [-0.2, -0.15) is 0 Å². The molecule has 1 aliphatic carbocycles.